The maximum Gasteiger partial charge on any atom is 0.227 e. The number of imidazole rings is 1. The van der Waals surface area contributed by atoms with E-state index >= 15 is 0 Å². The van der Waals surface area contributed by atoms with Crippen LogP contribution < -0.4 is 5.32 Å². The molecule has 4 heteroatoms. The van der Waals surface area contributed by atoms with Crippen molar-refractivity contribution in [3.05, 3.63) is 54.9 Å². The van der Waals surface area contributed by atoms with Gasteiger partial charge in [-0.25, -0.2) is 4.98 Å². The van der Waals surface area contributed by atoms with Crippen molar-refractivity contribution in [3.63, 3.8) is 0 Å². The third-order valence-corrected chi connectivity index (χ3v) is 4.79. The van der Waals surface area contributed by atoms with E-state index in [2.05, 4.69) is 10.3 Å². The van der Waals surface area contributed by atoms with Crippen molar-refractivity contribution in [1.29, 1.82) is 0 Å². The molecule has 0 atom stereocenters. The summed E-state index contributed by atoms with van der Waals surface area (Å²) < 4.78 is 2.01. The number of anilines is 1. The first-order valence-corrected chi connectivity index (χ1v) is 8.65. The first kappa shape index (κ1) is 14.9. The summed E-state index contributed by atoms with van der Waals surface area (Å²) in [5.41, 5.74) is 3.78. The number of rotatable bonds is 3. The van der Waals surface area contributed by atoms with Gasteiger partial charge in [0.2, 0.25) is 5.91 Å². The minimum absolute atomic E-state index is 0.162. The highest BCUT2D eigenvalue weighted by Gasteiger charge is 2.20. The van der Waals surface area contributed by atoms with Gasteiger partial charge in [0, 0.05) is 29.6 Å². The van der Waals surface area contributed by atoms with Crippen LogP contribution >= 0.6 is 0 Å². The van der Waals surface area contributed by atoms with Crippen molar-refractivity contribution < 1.29 is 4.79 Å². The molecule has 3 aromatic rings. The van der Waals surface area contributed by atoms with Crippen LogP contribution in [0.15, 0.2) is 54.9 Å². The lowest BCUT2D eigenvalue weighted by molar-refractivity contribution is -0.120. The molecular weight excluding hydrogens is 298 g/mol. The van der Waals surface area contributed by atoms with Gasteiger partial charge in [0.05, 0.1) is 5.69 Å². The zero-order chi connectivity index (χ0) is 16.4. The summed E-state index contributed by atoms with van der Waals surface area (Å²) >= 11 is 0. The fourth-order valence-corrected chi connectivity index (χ4v) is 3.41. The summed E-state index contributed by atoms with van der Waals surface area (Å²) in [4.78, 5) is 16.9. The van der Waals surface area contributed by atoms with Crippen LogP contribution in [0.2, 0.25) is 0 Å². The number of benzene rings is 1. The minimum Gasteiger partial charge on any atom is -0.326 e. The predicted octanol–water partition coefficient (Wildman–Crippen LogP) is 4.52. The number of fused-ring (bicyclic) bond motifs is 1. The van der Waals surface area contributed by atoms with Crippen molar-refractivity contribution in [1.82, 2.24) is 9.38 Å². The Bertz CT molecular complexity index is 812. The Kier molecular flexibility index (Phi) is 4.03. The summed E-state index contributed by atoms with van der Waals surface area (Å²) in [5.74, 6) is 0.340. The first-order valence-electron chi connectivity index (χ1n) is 8.65. The lowest BCUT2D eigenvalue weighted by Crippen LogP contribution is -2.24. The highest BCUT2D eigenvalue weighted by molar-refractivity contribution is 5.92. The fourth-order valence-electron chi connectivity index (χ4n) is 3.41. The molecule has 1 aliphatic rings. The van der Waals surface area contributed by atoms with Crippen LogP contribution in [-0.4, -0.2) is 15.3 Å². The number of hydrogen-bond acceptors (Lipinski definition) is 2. The molecule has 0 bridgehead atoms. The van der Waals surface area contributed by atoms with Crippen LogP contribution in [0.1, 0.15) is 32.1 Å². The predicted molar refractivity (Wildman–Crippen MR) is 95.8 cm³/mol. The largest absolute Gasteiger partial charge is 0.326 e. The van der Waals surface area contributed by atoms with Gasteiger partial charge in [-0.1, -0.05) is 37.5 Å². The van der Waals surface area contributed by atoms with Gasteiger partial charge in [0.15, 0.2) is 0 Å². The van der Waals surface area contributed by atoms with Gasteiger partial charge in [-0.3, -0.25) is 4.79 Å². The Labute approximate surface area is 141 Å². The topological polar surface area (TPSA) is 46.4 Å². The van der Waals surface area contributed by atoms with Crippen molar-refractivity contribution in [3.8, 4) is 11.3 Å². The average molecular weight is 319 g/mol. The molecule has 1 fully saturated rings. The molecule has 122 valence electrons. The maximum absolute atomic E-state index is 12.3. The summed E-state index contributed by atoms with van der Waals surface area (Å²) in [5, 5.41) is 3.05. The minimum atomic E-state index is 0.162. The second-order valence-electron chi connectivity index (χ2n) is 6.49. The van der Waals surface area contributed by atoms with E-state index in [-0.39, 0.29) is 11.8 Å². The number of pyridine rings is 1. The van der Waals surface area contributed by atoms with Gasteiger partial charge in [-0.2, -0.15) is 0 Å². The number of amides is 1. The molecule has 0 saturated heterocycles. The van der Waals surface area contributed by atoms with Crippen LogP contribution in [0, 0.1) is 5.92 Å². The third kappa shape index (κ3) is 3.04. The van der Waals surface area contributed by atoms with Gasteiger partial charge in [-0.05, 0) is 37.1 Å². The van der Waals surface area contributed by atoms with Crippen LogP contribution in [0.25, 0.3) is 16.9 Å². The van der Waals surface area contributed by atoms with Crippen LogP contribution in [0.5, 0.6) is 0 Å². The van der Waals surface area contributed by atoms with Crippen molar-refractivity contribution >= 4 is 17.2 Å². The van der Waals surface area contributed by atoms with Gasteiger partial charge in [0.25, 0.3) is 0 Å². The second kappa shape index (κ2) is 6.48. The average Bonchev–Trinajstić information content (AvgIpc) is 3.07. The number of nitrogens with one attached hydrogen (secondary N) is 1. The molecule has 1 aliphatic carbocycles. The number of hydrogen-bond donors (Lipinski definition) is 1. The molecule has 1 amide bonds. The van der Waals surface area contributed by atoms with Gasteiger partial charge in [-0.15, -0.1) is 0 Å². The first-order chi connectivity index (χ1) is 11.8. The molecule has 1 N–H and O–H groups in total. The second-order valence-corrected chi connectivity index (χ2v) is 6.49. The van der Waals surface area contributed by atoms with Crippen LogP contribution in [0.3, 0.4) is 0 Å². The summed E-state index contributed by atoms with van der Waals surface area (Å²) in [6.07, 6.45) is 9.65. The zero-order valence-electron chi connectivity index (χ0n) is 13.6. The van der Waals surface area contributed by atoms with Crippen molar-refractivity contribution in [2.75, 3.05) is 5.32 Å². The van der Waals surface area contributed by atoms with E-state index in [1.165, 1.54) is 19.3 Å². The number of carbonyl (C=O) groups excluding carboxylic acids is 1. The number of carbonyl (C=O) groups is 1. The summed E-state index contributed by atoms with van der Waals surface area (Å²) in [6, 6.07) is 13.9. The van der Waals surface area contributed by atoms with Crippen molar-refractivity contribution in [2.45, 2.75) is 32.1 Å². The molecular formula is C20H21N3O. The normalized spacial score (nSPS) is 15.5. The smallest absolute Gasteiger partial charge is 0.227 e. The van der Waals surface area contributed by atoms with E-state index in [0.717, 1.165) is 35.4 Å². The molecule has 0 unspecified atom stereocenters. The van der Waals surface area contributed by atoms with Gasteiger partial charge < -0.3 is 9.72 Å². The van der Waals surface area contributed by atoms with Gasteiger partial charge in [0.1, 0.15) is 5.65 Å². The maximum atomic E-state index is 12.3. The fraction of sp³-hybridized carbons (Fsp3) is 0.300. The molecule has 24 heavy (non-hydrogen) atoms. The highest BCUT2D eigenvalue weighted by atomic mass is 16.1. The van der Waals surface area contributed by atoms with E-state index in [0.29, 0.717) is 0 Å². The zero-order valence-corrected chi connectivity index (χ0v) is 13.6. The standard InChI is InChI=1S/C20H21N3O/c24-20(16-6-2-1-3-7-16)21-17-11-9-15(10-12-17)18-14-23-13-5-4-8-19(23)22-18/h4-5,8-14,16H,1-3,6-7H2,(H,21,24). The van der Waals surface area contributed by atoms with Gasteiger partial charge >= 0.3 is 0 Å². The molecule has 2 heterocycles. The SMILES string of the molecule is O=C(Nc1ccc(-c2cn3ccccc3n2)cc1)C1CCCCC1. The Hall–Kier alpha value is -2.62. The van der Waals surface area contributed by atoms with E-state index in [1.54, 1.807) is 0 Å². The number of nitrogens with zero attached hydrogens (tertiary/aromatic N) is 2. The molecule has 2 aromatic heterocycles. The quantitative estimate of drug-likeness (QED) is 0.771. The highest BCUT2D eigenvalue weighted by Crippen LogP contribution is 2.26. The third-order valence-electron chi connectivity index (χ3n) is 4.79. The Morgan fingerprint density at radius 3 is 2.58 bits per heavy atom. The Balaban J connectivity index is 1.48. The van der Waals surface area contributed by atoms with Crippen LogP contribution in [-0.2, 0) is 4.79 Å². The molecule has 0 aliphatic heterocycles. The number of aromatic nitrogens is 2. The molecule has 0 spiro atoms. The Morgan fingerprint density at radius 2 is 1.83 bits per heavy atom. The van der Waals surface area contributed by atoms with E-state index in [9.17, 15) is 4.79 Å². The Morgan fingerprint density at radius 1 is 1.04 bits per heavy atom. The lowest BCUT2D eigenvalue weighted by Gasteiger charge is -2.20. The molecule has 0 radical (unpaired) electrons. The summed E-state index contributed by atoms with van der Waals surface area (Å²) in [7, 11) is 0. The lowest BCUT2D eigenvalue weighted by atomic mass is 9.88. The molecule has 1 aromatic carbocycles. The molecule has 4 nitrogen and oxygen atoms in total. The van der Waals surface area contributed by atoms with Crippen molar-refractivity contribution in [2.24, 2.45) is 5.92 Å². The van der Waals surface area contributed by atoms with E-state index in [4.69, 9.17) is 0 Å². The van der Waals surface area contributed by atoms with Crippen LogP contribution in [0.4, 0.5) is 5.69 Å². The van der Waals surface area contributed by atoms with E-state index in [1.807, 2.05) is 59.3 Å². The summed E-state index contributed by atoms with van der Waals surface area (Å²) in [6.45, 7) is 0. The van der Waals surface area contributed by atoms with E-state index < -0.39 is 0 Å². The monoisotopic (exact) mass is 319 g/mol. The molecule has 4 rings (SSSR count). The molecule has 1 saturated carbocycles.